The molecule has 0 radical (unpaired) electrons. The molecular weight excluding hydrogens is 302 g/mol. The van der Waals surface area contributed by atoms with E-state index in [-0.39, 0.29) is 18.4 Å². The highest BCUT2D eigenvalue weighted by atomic mass is 16.4. The molecule has 4 heteroatoms. The summed E-state index contributed by atoms with van der Waals surface area (Å²) in [5, 5.41) is 16.0. The van der Waals surface area contributed by atoms with Crippen LogP contribution >= 0.6 is 0 Å². The quantitative estimate of drug-likeness (QED) is 0.756. The van der Waals surface area contributed by atoms with Crippen LogP contribution in [0.5, 0.6) is 0 Å². The molecular formula is C20H19NO3. The van der Waals surface area contributed by atoms with Crippen LogP contribution in [0.2, 0.25) is 0 Å². The van der Waals surface area contributed by atoms with E-state index in [1.807, 2.05) is 36.4 Å². The number of furan rings is 1. The third-order valence-electron chi connectivity index (χ3n) is 4.73. The Hall–Kier alpha value is -2.59. The molecule has 1 amide bonds. The Morgan fingerprint density at radius 1 is 1.12 bits per heavy atom. The van der Waals surface area contributed by atoms with Gasteiger partial charge in [-0.3, -0.25) is 4.79 Å². The number of aliphatic hydroxyl groups is 1. The maximum Gasteiger partial charge on any atom is 0.251 e. The van der Waals surface area contributed by atoms with Crippen molar-refractivity contribution < 1.29 is 14.3 Å². The molecule has 0 aliphatic heterocycles. The molecule has 0 spiro atoms. The zero-order valence-electron chi connectivity index (χ0n) is 13.2. The molecule has 2 N–H and O–H groups in total. The van der Waals surface area contributed by atoms with Crippen molar-refractivity contribution in [1.82, 2.24) is 5.32 Å². The van der Waals surface area contributed by atoms with Crippen molar-refractivity contribution in [3.8, 4) is 0 Å². The van der Waals surface area contributed by atoms with E-state index in [4.69, 9.17) is 4.42 Å². The third kappa shape index (κ3) is 2.69. The van der Waals surface area contributed by atoms with Gasteiger partial charge in [-0.1, -0.05) is 30.3 Å². The smallest absolute Gasteiger partial charge is 0.251 e. The number of hydrogen-bond acceptors (Lipinski definition) is 3. The van der Waals surface area contributed by atoms with Gasteiger partial charge in [-0.2, -0.15) is 0 Å². The molecule has 1 aliphatic rings. The van der Waals surface area contributed by atoms with Gasteiger partial charge in [-0.15, -0.1) is 0 Å². The van der Waals surface area contributed by atoms with Gasteiger partial charge in [0.1, 0.15) is 11.4 Å². The van der Waals surface area contributed by atoms with Gasteiger partial charge in [-0.05, 0) is 53.8 Å². The van der Waals surface area contributed by atoms with Crippen molar-refractivity contribution in [1.29, 1.82) is 0 Å². The van der Waals surface area contributed by atoms with Crippen LogP contribution in [0, 0.1) is 5.92 Å². The highest BCUT2D eigenvalue weighted by Crippen LogP contribution is 2.45. The Morgan fingerprint density at radius 2 is 1.92 bits per heavy atom. The van der Waals surface area contributed by atoms with E-state index in [9.17, 15) is 9.90 Å². The fourth-order valence-corrected chi connectivity index (χ4v) is 3.17. The van der Waals surface area contributed by atoms with Gasteiger partial charge in [0.15, 0.2) is 0 Å². The van der Waals surface area contributed by atoms with E-state index in [1.165, 1.54) is 0 Å². The van der Waals surface area contributed by atoms with Gasteiger partial charge in [0, 0.05) is 5.56 Å². The first-order valence-electron chi connectivity index (χ1n) is 8.20. The average Bonchev–Trinajstić information content (AvgIpc) is 3.34. The maximum absolute atomic E-state index is 12.5. The molecule has 3 aromatic rings. The van der Waals surface area contributed by atoms with E-state index < -0.39 is 5.60 Å². The van der Waals surface area contributed by atoms with E-state index in [2.05, 4.69) is 5.32 Å². The number of rotatable bonds is 5. The number of nitrogens with one attached hydrogen (secondary N) is 1. The van der Waals surface area contributed by atoms with E-state index in [0.29, 0.717) is 11.3 Å². The van der Waals surface area contributed by atoms with Crippen molar-refractivity contribution in [2.75, 3.05) is 6.54 Å². The number of benzene rings is 2. The van der Waals surface area contributed by atoms with Crippen LogP contribution < -0.4 is 5.32 Å². The van der Waals surface area contributed by atoms with Gasteiger partial charge in [0.05, 0.1) is 12.8 Å². The molecule has 1 unspecified atom stereocenters. The lowest BCUT2D eigenvalue weighted by molar-refractivity contribution is -0.00610. The summed E-state index contributed by atoms with van der Waals surface area (Å²) in [4.78, 5) is 12.5. The highest BCUT2D eigenvalue weighted by molar-refractivity contribution is 5.98. The third-order valence-corrected chi connectivity index (χ3v) is 4.73. The second-order valence-corrected chi connectivity index (χ2v) is 6.42. The molecule has 1 fully saturated rings. The molecule has 24 heavy (non-hydrogen) atoms. The fourth-order valence-electron chi connectivity index (χ4n) is 3.17. The molecule has 1 aliphatic carbocycles. The van der Waals surface area contributed by atoms with Crippen molar-refractivity contribution in [2.45, 2.75) is 18.4 Å². The van der Waals surface area contributed by atoms with Crippen LogP contribution in [0.3, 0.4) is 0 Å². The number of hydrogen-bond donors (Lipinski definition) is 2. The number of carbonyl (C=O) groups excluding carboxylic acids is 1. The van der Waals surface area contributed by atoms with Gasteiger partial charge < -0.3 is 14.8 Å². The predicted molar refractivity (Wildman–Crippen MR) is 91.6 cm³/mol. The van der Waals surface area contributed by atoms with Gasteiger partial charge in [0.2, 0.25) is 0 Å². The minimum absolute atomic E-state index is 0.139. The van der Waals surface area contributed by atoms with Crippen molar-refractivity contribution in [3.05, 3.63) is 72.2 Å². The first-order chi connectivity index (χ1) is 11.7. The number of fused-ring (bicyclic) bond motifs is 1. The molecule has 2 aromatic carbocycles. The maximum atomic E-state index is 12.5. The molecule has 0 saturated heterocycles. The van der Waals surface area contributed by atoms with Gasteiger partial charge in [0.25, 0.3) is 5.91 Å². The average molecular weight is 321 g/mol. The predicted octanol–water partition coefficient (Wildman–Crippen LogP) is 3.46. The molecule has 0 bridgehead atoms. The summed E-state index contributed by atoms with van der Waals surface area (Å²) in [6.45, 7) is 0.150. The van der Waals surface area contributed by atoms with Crippen LogP contribution in [-0.4, -0.2) is 17.6 Å². The largest absolute Gasteiger partial charge is 0.466 e. The van der Waals surface area contributed by atoms with E-state index in [1.54, 1.807) is 24.5 Å². The zero-order chi connectivity index (χ0) is 16.6. The van der Waals surface area contributed by atoms with E-state index >= 15 is 0 Å². The standard InChI is InChI=1S/C20H19NO3/c22-19(16-8-7-14-4-1-2-5-15(14)12-16)21-13-20(23,17-9-10-17)18-6-3-11-24-18/h1-8,11-12,17,23H,9-10,13H2,(H,21,22). The topological polar surface area (TPSA) is 62.5 Å². The van der Waals surface area contributed by atoms with Crippen LogP contribution in [0.15, 0.2) is 65.3 Å². The normalized spacial score (nSPS) is 16.7. The molecule has 4 nitrogen and oxygen atoms in total. The Labute approximate surface area is 140 Å². The highest BCUT2D eigenvalue weighted by Gasteiger charge is 2.47. The van der Waals surface area contributed by atoms with Crippen molar-refractivity contribution in [3.63, 3.8) is 0 Å². The molecule has 1 heterocycles. The van der Waals surface area contributed by atoms with Crippen LogP contribution in [0.4, 0.5) is 0 Å². The Balaban J connectivity index is 1.52. The second kappa shape index (κ2) is 5.80. The monoisotopic (exact) mass is 321 g/mol. The molecule has 1 saturated carbocycles. The summed E-state index contributed by atoms with van der Waals surface area (Å²) in [7, 11) is 0. The molecule has 122 valence electrons. The van der Waals surface area contributed by atoms with Crippen molar-refractivity contribution >= 4 is 16.7 Å². The minimum atomic E-state index is -1.13. The fraction of sp³-hybridized carbons (Fsp3) is 0.250. The zero-order valence-corrected chi connectivity index (χ0v) is 13.2. The number of carbonyl (C=O) groups is 1. The first-order valence-corrected chi connectivity index (χ1v) is 8.20. The second-order valence-electron chi connectivity index (χ2n) is 6.42. The lowest BCUT2D eigenvalue weighted by Crippen LogP contribution is -2.42. The Kier molecular flexibility index (Phi) is 3.62. The summed E-state index contributed by atoms with van der Waals surface area (Å²) >= 11 is 0. The van der Waals surface area contributed by atoms with Crippen molar-refractivity contribution in [2.24, 2.45) is 5.92 Å². The Morgan fingerprint density at radius 3 is 2.62 bits per heavy atom. The lowest BCUT2D eigenvalue weighted by atomic mass is 9.94. The lowest BCUT2D eigenvalue weighted by Gasteiger charge is -2.26. The van der Waals surface area contributed by atoms with E-state index in [0.717, 1.165) is 23.6 Å². The summed E-state index contributed by atoms with van der Waals surface area (Å²) in [6, 6.07) is 17.1. The molecule has 1 aromatic heterocycles. The van der Waals surface area contributed by atoms with Crippen LogP contribution in [-0.2, 0) is 5.60 Å². The summed E-state index contributed by atoms with van der Waals surface area (Å²) in [5.41, 5.74) is -0.540. The summed E-state index contributed by atoms with van der Waals surface area (Å²) < 4.78 is 5.39. The first kappa shape index (κ1) is 15.0. The Bertz CT molecular complexity index is 867. The SMILES string of the molecule is O=C(NCC(O)(c1ccco1)C1CC1)c1ccc2ccccc2c1. The summed E-state index contributed by atoms with van der Waals surface area (Å²) in [6.07, 6.45) is 3.44. The minimum Gasteiger partial charge on any atom is -0.466 e. The molecule has 4 rings (SSSR count). The molecule has 1 atom stereocenters. The number of amides is 1. The van der Waals surface area contributed by atoms with Crippen LogP contribution in [0.1, 0.15) is 29.0 Å². The summed E-state index contributed by atoms with van der Waals surface area (Å²) in [5.74, 6) is 0.468. The van der Waals surface area contributed by atoms with Gasteiger partial charge >= 0.3 is 0 Å². The van der Waals surface area contributed by atoms with Crippen LogP contribution in [0.25, 0.3) is 10.8 Å². The van der Waals surface area contributed by atoms with Gasteiger partial charge in [-0.25, -0.2) is 0 Å².